The smallest absolute Gasteiger partial charge is 0.399 e. The third-order valence-electron chi connectivity index (χ3n) is 5.74. The molecule has 4 rings (SSSR count). The molecule has 0 saturated heterocycles. The van der Waals surface area contributed by atoms with Gasteiger partial charge in [-0.05, 0) is 48.7 Å². The number of hydrogen-bond acceptors (Lipinski definition) is 5. The Morgan fingerprint density at radius 2 is 1.86 bits per heavy atom. The molecule has 1 aliphatic rings. The summed E-state index contributed by atoms with van der Waals surface area (Å²) in [7, 11) is -4.47. The van der Waals surface area contributed by atoms with E-state index >= 15 is 0 Å². The SMILES string of the molecule is COC(=O)COc1ccc(-c2cn(C3CC3)c(=O)n2Cc2ccc(C(F)(F)P(=O)(O)O)c(Br)c2)cc1. The molecule has 0 spiro atoms. The van der Waals surface area contributed by atoms with Crippen LogP contribution in [0.2, 0.25) is 0 Å². The van der Waals surface area contributed by atoms with Gasteiger partial charge in [0.1, 0.15) is 5.75 Å². The number of methoxy groups -OCH3 is 1. The Kier molecular flexibility index (Phi) is 7.25. The molecular formula is C23H22BrF2N2O7P. The van der Waals surface area contributed by atoms with Gasteiger partial charge < -0.3 is 19.3 Å². The van der Waals surface area contributed by atoms with Crippen LogP contribution in [-0.2, 0) is 26.3 Å². The van der Waals surface area contributed by atoms with Gasteiger partial charge in [-0.25, -0.2) is 9.59 Å². The van der Waals surface area contributed by atoms with Gasteiger partial charge in [0.25, 0.3) is 0 Å². The van der Waals surface area contributed by atoms with Gasteiger partial charge >= 0.3 is 24.9 Å². The topological polar surface area (TPSA) is 120 Å². The van der Waals surface area contributed by atoms with Crippen LogP contribution in [0.15, 0.2) is 57.9 Å². The molecule has 2 aromatic carbocycles. The van der Waals surface area contributed by atoms with E-state index in [4.69, 9.17) is 14.5 Å². The Balaban J connectivity index is 1.66. The van der Waals surface area contributed by atoms with Gasteiger partial charge in [-0.2, -0.15) is 8.78 Å². The maximum atomic E-state index is 14.2. The van der Waals surface area contributed by atoms with Gasteiger partial charge in [0, 0.05) is 27.8 Å². The van der Waals surface area contributed by atoms with Gasteiger partial charge in [-0.3, -0.25) is 13.7 Å². The van der Waals surface area contributed by atoms with Crippen LogP contribution in [0.4, 0.5) is 8.78 Å². The van der Waals surface area contributed by atoms with Crippen molar-refractivity contribution in [1.82, 2.24) is 9.13 Å². The summed E-state index contributed by atoms with van der Waals surface area (Å²) in [5, 5.41) is 0. The number of rotatable bonds is 9. The Hall–Kier alpha value is -2.79. The van der Waals surface area contributed by atoms with E-state index in [0.717, 1.165) is 18.9 Å². The largest absolute Gasteiger partial charge is 0.482 e. The molecule has 1 fully saturated rings. The third-order valence-corrected chi connectivity index (χ3v) is 7.37. The number of halogens is 3. The summed E-state index contributed by atoms with van der Waals surface area (Å²) in [6.45, 7) is -0.209. The number of hydrogen-bond donors (Lipinski definition) is 2. The number of esters is 1. The summed E-state index contributed by atoms with van der Waals surface area (Å²) in [5.41, 5.74) is -3.71. The van der Waals surface area contributed by atoms with Gasteiger partial charge in [-0.15, -0.1) is 0 Å². The molecule has 0 unspecified atom stereocenters. The van der Waals surface area contributed by atoms with Crippen LogP contribution >= 0.6 is 23.5 Å². The summed E-state index contributed by atoms with van der Waals surface area (Å²) in [5.74, 6) is -0.0877. The van der Waals surface area contributed by atoms with E-state index in [1.165, 1.54) is 23.8 Å². The van der Waals surface area contributed by atoms with Crippen LogP contribution in [0.25, 0.3) is 11.3 Å². The minimum absolute atomic E-state index is 0.0365. The molecule has 0 atom stereocenters. The molecule has 192 valence electrons. The number of carbonyl (C=O) groups excluding carboxylic acids is 1. The first-order valence-electron chi connectivity index (χ1n) is 10.8. The van der Waals surface area contributed by atoms with Crippen molar-refractivity contribution in [2.75, 3.05) is 13.7 Å². The zero-order valence-corrected chi connectivity index (χ0v) is 21.4. The van der Waals surface area contributed by atoms with E-state index < -0.39 is 24.8 Å². The fourth-order valence-corrected chi connectivity index (χ4v) is 5.00. The van der Waals surface area contributed by atoms with Crippen LogP contribution in [-0.4, -0.2) is 38.6 Å². The summed E-state index contributed by atoms with van der Waals surface area (Å²) in [6.07, 6.45) is 3.50. The van der Waals surface area contributed by atoms with E-state index in [-0.39, 0.29) is 29.4 Å². The van der Waals surface area contributed by atoms with Crippen molar-refractivity contribution in [3.05, 3.63) is 74.7 Å². The van der Waals surface area contributed by atoms with Crippen LogP contribution in [0, 0.1) is 0 Å². The minimum atomic E-state index is -5.73. The zero-order valence-electron chi connectivity index (χ0n) is 18.9. The fraction of sp³-hybridized carbons (Fsp3) is 0.304. The molecule has 0 bridgehead atoms. The van der Waals surface area contributed by atoms with Crippen molar-refractivity contribution in [2.24, 2.45) is 0 Å². The Morgan fingerprint density at radius 1 is 1.19 bits per heavy atom. The number of carbonyl (C=O) groups is 1. The normalized spacial score (nSPS) is 14.1. The van der Waals surface area contributed by atoms with Gasteiger partial charge in [0.2, 0.25) is 0 Å². The summed E-state index contributed by atoms with van der Waals surface area (Å²) in [6, 6.07) is 10.4. The molecule has 1 aliphatic carbocycles. The second-order valence-electron chi connectivity index (χ2n) is 8.31. The summed E-state index contributed by atoms with van der Waals surface area (Å²) in [4.78, 5) is 42.5. The van der Waals surface area contributed by atoms with E-state index in [0.29, 0.717) is 22.6 Å². The van der Waals surface area contributed by atoms with E-state index in [1.54, 1.807) is 35.0 Å². The molecule has 3 aromatic rings. The number of benzene rings is 2. The highest BCUT2D eigenvalue weighted by atomic mass is 79.9. The van der Waals surface area contributed by atoms with E-state index in [9.17, 15) is 22.9 Å². The van der Waals surface area contributed by atoms with E-state index in [1.807, 2.05) is 0 Å². The Labute approximate surface area is 212 Å². The first-order chi connectivity index (χ1) is 16.9. The standard InChI is InChI=1S/C23H22BrF2N2O7P/c1-34-21(29)13-35-17-7-3-15(4-8-17)20-12-27(16-5-6-16)22(30)28(20)11-14-2-9-18(19(24)10-14)23(25,26)36(31,32)33/h2-4,7-10,12,16H,5-6,11,13H2,1H3,(H2,31,32,33). The second kappa shape index (κ2) is 9.93. The molecule has 13 heteroatoms. The molecule has 36 heavy (non-hydrogen) atoms. The highest BCUT2D eigenvalue weighted by molar-refractivity contribution is 9.10. The van der Waals surface area contributed by atoms with E-state index in [2.05, 4.69) is 20.7 Å². The Morgan fingerprint density at radius 3 is 2.42 bits per heavy atom. The first-order valence-corrected chi connectivity index (χ1v) is 13.2. The van der Waals surface area contributed by atoms with Crippen molar-refractivity contribution in [2.45, 2.75) is 31.1 Å². The number of imidazole rings is 1. The maximum absolute atomic E-state index is 14.2. The minimum Gasteiger partial charge on any atom is -0.482 e. The van der Waals surface area contributed by atoms with Crippen molar-refractivity contribution < 1.29 is 37.4 Å². The molecule has 0 radical (unpaired) electrons. The fourth-order valence-electron chi connectivity index (χ4n) is 3.66. The molecule has 1 saturated carbocycles. The zero-order chi connectivity index (χ0) is 26.3. The predicted octanol–water partition coefficient (Wildman–Crippen LogP) is 4.24. The number of nitrogens with zero attached hydrogens (tertiary/aromatic N) is 2. The predicted molar refractivity (Wildman–Crippen MR) is 129 cm³/mol. The van der Waals surface area contributed by atoms with Crippen molar-refractivity contribution >= 4 is 29.5 Å². The van der Waals surface area contributed by atoms with Gasteiger partial charge in [0.05, 0.1) is 19.3 Å². The van der Waals surface area contributed by atoms with Crippen LogP contribution in [0.5, 0.6) is 5.75 Å². The molecule has 9 nitrogen and oxygen atoms in total. The lowest BCUT2D eigenvalue weighted by molar-refractivity contribution is -0.142. The lowest BCUT2D eigenvalue weighted by Gasteiger charge is -2.19. The average Bonchev–Trinajstić information content (AvgIpc) is 3.62. The molecule has 1 aromatic heterocycles. The first kappa shape index (κ1) is 26.3. The molecular weight excluding hydrogens is 565 g/mol. The summed E-state index contributed by atoms with van der Waals surface area (Å²) < 4.78 is 52.5. The van der Waals surface area contributed by atoms with Crippen molar-refractivity contribution in [1.29, 1.82) is 0 Å². The maximum Gasteiger partial charge on any atom is 0.399 e. The lowest BCUT2D eigenvalue weighted by Crippen LogP contribution is -2.24. The molecule has 2 N–H and O–H groups in total. The Bertz CT molecular complexity index is 1390. The van der Waals surface area contributed by atoms with Crippen LogP contribution in [0.1, 0.15) is 30.0 Å². The number of aromatic nitrogens is 2. The molecule has 0 aliphatic heterocycles. The molecule has 1 heterocycles. The van der Waals surface area contributed by atoms with Crippen LogP contribution < -0.4 is 10.4 Å². The van der Waals surface area contributed by atoms with Crippen molar-refractivity contribution in [3.63, 3.8) is 0 Å². The number of alkyl halides is 2. The quantitative estimate of drug-likeness (QED) is 0.284. The van der Waals surface area contributed by atoms with Crippen LogP contribution in [0.3, 0.4) is 0 Å². The average molecular weight is 587 g/mol. The van der Waals surface area contributed by atoms with Gasteiger partial charge in [-0.1, -0.05) is 28.1 Å². The summed E-state index contributed by atoms with van der Waals surface area (Å²) >= 11 is 2.98. The monoisotopic (exact) mass is 586 g/mol. The highest BCUT2D eigenvalue weighted by Gasteiger charge is 2.51. The lowest BCUT2D eigenvalue weighted by atomic mass is 10.1. The highest BCUT2D eigenvalue weighted by Crippen LogP contribution is 2.60. The second-order valence-corrected chi connectivity index (χ2v) is 10.8. The molecule has 0 amide bonds. The van der Waals surface area contributed by atoms with Gasteiger partial charge in [0.15, 0.2) is 6.61 Å². The number of ether oxygens (including phenoxy) is 2. The third kappa shape index (κ3) is 5.31. The van der Waals surface area contributed by atoms with Crippen molar-refractivity contribution in [3.8, 4) is 17.0 Å².